The minimum absolute atomic E-state index is 0.418. The maximum Gasteiger partial charge on any atom is 0.328 e. The zero-order valence-corrected chi connectivity index (χ0v) is 9.81. The number of rotatable bonds is 4. The van der Waals surface area contributed by atoms with E-state index in [-0.39, 0.29) is 0 Å². The maximum absolute atomic E-state index is 10.4. The number of ether oxygens (including phenoxy) is 1. The van der Waals surface area contributed by atoms with Crippen LogP contribution in [0.2, 0.25) is 5.02 Å². The first-order chi connectivity index (χ1) is 8.02. The number of hydrogen-bond donors (Lipinski definition) is 1. The molecule has 1 rings (SSSR count). The molecule has 0 aliphatic rings. The van der Waals surface area contributed by atoms with E-state index in [9.17, 15) is 4.79 Å². The lowest BCUT2D eigenvalue weighted by Gasteiger charge is -2.10. The molecule has 88 valence electrons. The highest BCUT2D eigenvalue weighted by molar-refractivity contribution is 6.30. The molecule has 0 spiro atoms. The summed E-state index contributed by atoms with van der Waals surface area (Å²) < 4.78 is 5.32. The number of halogens is 1. The molecule has 0 amide bonds. The van der Waals surface area contributed by atoms with Crippen LogP contribution in [0.1, 0.15) is 12.5 Å². The van der Waals surface area contributed by atoms with Gasteiger partial charge in [-0.05, 0) is 31.2 Å². The molecule has 0 bridgehead atoms. The quantitative estimate of drug-likeness (QED) is 0.836. The van der Waals surface area contributed by atoms with Crippen LogP contribution >= 0.6 is 11.6 Å². The number of carboxylic acid groups (broad SMARTS) is 1. The Bertz CT molecular complexity index is 491. The largest absolute Gasteiger partial charge is 0.478 e. The number of hydrogen-bond acceptors (Lipinski definition) is 3. The molecule has 0 aliphatic heterocycles. The van der Waals surface area contributed by atoms with Gasteiger partial charge in [0.25, 0.3) is 0 Å². The monoisotopic (exact) mass is 251 g/mol. The summed E-state index contributed by atoms with van der Waals surface area (Å²) >= 11 is 5.80. The van der Waals surface area contributed by atoms with E-state index in [1.54, 1.807) is 25.1 Å². The van der Waals surface area contributed by atoms with Crippen molar-refractivity contribution >= 4 is 23.6 Å². The molecule has 17 heavy (non-hydrogen) atoms. The van der Waals surface area contributed by atoms with Gasteiger partial charge in [0.05, 0.1) is 0 Å². The van der Waals surface area contributed by atoms with E-state index >= 15 is 0 Å². The number of aliphatic carboxylic acids is 1. The number of carbonyl (C=O) groups is 1. The molecule has 0 heterocycles. The van der Waals surface area contributed by atoms with Crippen LogP contribution in [0.15, 0.2) is 24.3 Å². The Morgan fingerprint density at radius 1 is 1.65 bits per heavy atom. The van der Waals surface area contributed by atoms with Gasteiger partial charge in [-0.25, -0.2) is 4.79 Å². The summed E-state index contributed by atoms with van der Waals surface area (Å²) in [5, 5.41) is 17.7. The van der Waals surface area contributed by atoms with Gasteiger partial charge in [-0.2, -0.15) is 5.26 Å². The summed E-state index contributed by atoms with van der Waals surface area (Å²) in [6.07, 6.45) is 1.73. The lowest BCUT2D eigenvalue weighted by molar-refractivity contribution is -0.131. The lowest BCUT2D eigenvalue weighted by atomic mass is 10.2. The first-order valence-electron chi connectivity index (χ1n) is 4.79. The average Bonchev–Trinajstić information content (AvgIpc) is 2.29. The highest BCUT2D eigenvalue weighted by Gasteiger charge is 2.06. The van der Waals surface area contributed by atoms with E-state index in [0.29, 0.717) is 16.3 Å². The second kappa shape index (κ2) is 5.92. The minimum Gasteiger partial charge on any atom is -0.478 e. The van der Waals surface area contributed by atoms with Crippen LogP contribution in [0.25, 0.3) is 6.08 Å². The van der Waals surface area contributed by atoms with Crippen molar-refractivity contribution in [3.63, 3.8) is 0 Å². The predicted molar refractivity (Wildman–Crippen MR) is 63.8 cm³/mol. The van der Waals surface area contributed by atoms with Crippen molar-refractivity contribution in [2.45, 2.75) is 13.0 Å². The van der Waals surface area contributed by atoms with Gasteiger partial charge in [0, 0.05) is 16.7 Å². The van der Waals surface area contributed by atoms with Crippen LogP contribution in [0.3, 0.4) is 0 Å². The smallest absolute Gasteiger partial charge is 0.328 e. The van der Waals surface area contributed by atoms with E-state index in [0.717, 1.165) is 6.08 Å². The van der Waals surface area contributed by atoms with Gasteiger partial charge in [-0.15, -0.1) is 0 Å². The third kappa shape index (κ3) is 4.17. The third-order valence-electron chi connectivity index (χ3n) is 1.86. The molecule has 1 N–H and O–H groups in total. The molecule has 1 unspecified atom stereocenters. The average molecular weight is 252 g/mol. The standard InChI is InChI=1S/C12H10ClNO3/c1-8(7-14)17-11-4-3-10(13)6-9(11)2-5-12(15)16/h2-6,8H,1H3,(H,15,16). The van der Waals surface area contributed by atoms with Crippen molar-refractivity contribution in [1.82, 2.24) is 0 Å². The maximum atomic E-state index is 10.4. The molecule has 0 saturated carbocycles. The number of benzene rings is 1. The van der Waals surface area contributed by atoms with E-state index in [2.05, 4.69) is 0 Å². The number of nitrogens with zero attached hydrogens (tertiary/aromatic N) is 1. The molecule has 0 radical (unpaired) electrons. The van der Waals surface area contributed by atoms with Crippen LogP contribution in [-0.4, -0.2) is 17.2 Å². The molecule has 1 aromatic carbocycles. The molecule has 0 aromatic heterocycles. The summed E-state index contributed by atoms with van der Waals surface area (Å²) in [6.45, 7) is 1.60. The van der Waals surface area contributed by atoms with Crippen LogP contribution < -0.4 is 4.74 Å². The Hall–Kier alpha value is -1.99. The summed E-state index contributed by atoms with van der Waals surface area (Å²) in [6, 6.07) is 6.70. The molecular formula is C12H10ClNO3. The van der Waals surface area contributed by atoms with E-state index in [4.69, 9.17) is 26.7 Å². The second-order valence-electron chi connectivity index (χ2n) is 3.24. The van der Waals surface area contributed by atoms with E-state index < -0.39 is 12.1 Å². The van der Waals surface area contributed by atoms with Crippen LogP contribution in [0.5, 0.6) is 5.75 Å². The second-order valence-corrected chi connectivity index (χ2v) is 3.68. The summed E-state index contributed by atoms with van der Waals surface area (Å²) in [4.78, 5) is 10.4. The summed E-state index contributed by atoms with van der Waals surface area (Å²) in [7, 11) is 0. The van der Waals surface area contributed by atoms with Gasteiger partial charge in [-0.3, -0.25) is 0 Å². The molecule has 1 atom stereocenters. The van der Waals surface area contributed by atoms with Gasteiger partial charge in [0.1, 0.15) is 11.8 Å². The Balaban J connectivity index is 3.04. The fourth-order valence-electron chi connectivity index (χ4n) is 1.13. The summed E-state index contributed by atoms with van der Waals surface area (Å²) in [5.74, 6) is -0.648. The normalized spacial score (nSPS) is 12.1. The van der Waals surface area contributed by atoms with Gasteiger partial charge in [-0.1, -0.05) is 11.6 Å². The van der Waals surface area contributed by atoms with Gasteiger partial charge >= 0.3 is 5.97 Å². The highest BCUT2D eigenvalue weighted by Crippen LogP contribution is 2.25. The van der Waals surface area contributed by atoms with Crippen molar-refractivity contribution in [2.24, 2.45) is 0 Å². The van der Waals surface area contributed by atoms with Crippen LogP contribution in [0.4, 0.5) is 0 Å². The van der Waals surface area contributed by atoms with Crippen molar-refractivity contribution in [3.8, 4) is 11.8 Å². The van der Waals surface area contributed by atoms with Crippen LogP contribution in [0, 0.1) is 11.3 Å². The molecule has 1 aromatic rings. The molecule has 5 heteroatoms. The zero-order chi connectivity index (χ0) is 12.8. The van der Waals surface area contributed by atoms with Gasteiger partial charge < -0.3 is 9.84 Å². The number of carboxylic acids is 1. The first kappa shape index (κ1) is 13.1. The molecule has 0 aliphatic carbocycles. The lowest BCUT2D eigenvalue weighted by Crippen LogP contribution is -2.08. The molecule has 4 nitrogen and oxygen atoms in total. The Morgan fingerprint density at radius 2 is 2.35 bits per heavy atom. The van der Waals surface area contributed by atoms with E-state index in [1.807, 2.05) is 6.07 Å². The number of nitriles is 1. The topological polar surface area (TPSA) is 70.3 Å². The Labute approximate surface area is 104 Å². The van der Waals surface area contributed by atoms with Crippen molar-refractivity contribution in [2.75, 3.05) is 0 Å². The predicted octanol–water partition coefficient (Wildman–Crippen LogP) is 2.73. The third-order valence-corrected chi connectivity index (χ3v) is 2.10. The zero-order valence-electron chi connectivity index (χ0n) is 9.05. The SMILES string of the molecule is CC(C#N)Oc1ccc(Cl)cc1C=CC(=O)O. The van der Waals surface area contributed by atoms with E-state index in [1.165, 1.54) is 6.08 Å². The molecular weight excluding hydrogens is 242 g/mol. The Morgan fingerprint density at radius 3 is 2.94 bits per heavy atom. The molecule has 0 saturated heterocycles. The summed E-state index contributed by atoms with van der Waals surface area (Å²) in [5.41, 5.74) is 0.516. The van der Waals surface area contributed by atoms with Crippen molar-refractivity contribution < 1.29 is 14.6 Å². The highest BCUT2D eigenvalue weighted by atomic mass is 35.5. The van der Waals surface area contributed by atoms with Gasteiger partial charge in [0.2, 0.25) is 0 Å². The van der Waals surface area contributed by atoms with Crippen molar-refractivity contribution in [3.05, 3.63) is 34.9 Å². The fraction of sp³-hybridized carbons (Fsp3) is 0.167. The minimum atomic E-state index is -1.07. The Kier molecular flexibility index (Phi) is 4.56. The van der Waals surface area contributed by atoms with Gasteiger partial charge in [0.15, 0.2) is 6.10 Å². The molecule has 0 fully saturated rings. The van der Waals surface area contributed by atoms with Crippen LogP contribution in [-0.2, 0) is 4.79 Å². The fourth-order valence-corrected chi connectivity index (χ4v) is 1.32. The first-order valence-corrected chi connectivity index (χ1v) is 5.17. The van der Waals surface area contributed by atoms with Crippen molar-refractivity contribution in [1.29, 1.82) is 5.26 Å².